The predicted octanol–water partition coefficient (Wildman–Crippen LogP) is 6.52. The number of rotatable bonds is 5. The molecule has 0 saturated heterocycles. The Balaban J connectivity index is 1.64. The average Bonchev–Trinajstić information content (AvgIpc) is 3.20. The maximum Gasteiger partial charge on any atom is 0.149 e. The second-order valence-electron chi connectivity index (χ2n) is 6.91. The molecule has 0 amide bonds. The lowest BCUT2D eigenvalue weighted by molar-refractivity contribution is 0.627. The van der Waals surface area contributed by atoms with Gasteiger partial charge in [0.25, 0.3) is 0 Å². The SMILES string of the molecule is Fc1ccc(CSc2ncnc3c2c(-c2ccccc2)cn3-c2ccccc2)cc1. The van der Waals surface area contributed by atoms with Crippen molar-refractivity contribution >= 4 is 22.8 Å². The van der Waals surface area contributed by atoms with Crippen LogP contribution >= 0.6 is 11.8 Å². The van der Waals surface area contributed by atoms with Gasteiger partial charge in [0.05, 0.1) is 5.39 Å². The largest absolute Gasteiger partial charge is 0.301 e. The number of hydrogen-bond acceptors (Lipinski definition) is 3. The minimum absolute atomic E-state index is 0.223. The van der Waals surface area contributed by atoms with Crippen molar-refractivity contribution in [1.82, 2.24) is 14.5 Å². The molecular weight excluding hydrogens is 393 g/mol. The molecule has 30 heavy (non-hydrogen) atoms. The maximum atomic E-state index is 13.2. The second-order valence-corrected chi connectivity index (χ2v) is 7.87. The summed E-state index contributed by atoms with van der Waals surface area (Å²) in [5, 5.41) is 1.94. The topological polar surface area (TPSA) is 30.7 Å². The number of para-hydroxylation sites is 1. The molecule has 0 atom stereocenters. The lowest BCUT2D eigenvalue weighted by Crippen LogP contribution is -1.94. The van der Waals surface area contributed by atoms with Gasteiger partial charge < -0.3 is 4.57 Å². The van der Waals surface area contributed by atoms with Gasteiger partial charge in [0.2, 0.25) is 0 Å². The van der Waals surface area contributed by atoms with Gasteiger partial charge in [0.1, 0.15) is 22.8 Å². The third kappa shape index (κ3) is 3.60. The average molecular weight is 412 g/mol. The minimum atomic E-state index is -0.223. The molecule has 0 N–H and O–H groups in total. The van der Waals surface area contributed by atoms with Gasteiger partial charge in [-0.1, -0.05) is 60.7 Å². The van der Waals surface area contributed by atoms with E-state index in [0.717, 1.165) is 38.4 Å². The fraction of sp³-hybridized carbons (Fsp3) is 0.0400. The van der Waals surface area contributed by atoms with E-state index in [-0.39, 0.29) is 5.82 Å². The zero-order valence-corrected chi connectivity index (χ0v) is 16.9. The van der Waals surface area contributed by atoms with Gasteiger partial charge >= 0.3 is 0 Å². The summed E-state index contributed by atoms with van der Waals surface area (Å²) < 4.78 is 15.3. The number of halogens is 1. The molecule has 146 valence electrons. The first kappa shape index (κ1) is 18.6. The molecule has 3 nitrogen and oxygen atoms in total. The quantitative estimate of drug-likeness (QED) is 0.244. The lowest BCUT2D eigenvalue weighted by Gasteiger charge is -2.06. The van der Waals surface area contributed by atoms with Gasteiger partial charge in [-0.25, -0.2) is 14.4 Å². The summed E-state index contributed by atoms with van der Waals surface area (Å²) >= 11 is 1.64. The van der Waals surface area contributed by atoms with Gasteiger partial charge in [-0.15, -0.1) is 11.8 Å². The van der Waals surface area contributed by atoms with Crippen molar-refractivity contribution in [2.24, 2.45) is 0 Å². The maximum absolute atomic E-state index is 13.2. The van der Waals surface area contributed by atoms with Crippen molar-refractivity contribution in [1.29, 1.82) is 0 Å². The standard InChI is InChI=1S/C25H18FN3S/c26-20-13-11-18(12-14-20)16-30-25-23-22(19-7-3-1-4-8-19)15-29(24(23)27-17-28-25)21-9-5-2-6-10-21/h1-15,17H,16H2. The van der Waals surface area contributed by atoms with Crippen LogP contribution in [0, 0.1) is 5.82 Å². The molecule has 0 aliphatic rings. The third-order valence-corrected chi connectivity index (χ3v) is 6.02. The van der Waals surface area contributed by atoms with Crippen molar-refractivity contribution in [3.05, 3.63) is 109 Å². The van der Waals surface area contributed by atoms with E-state index < -0.39 is 0 Å². The third-order valence-electron chi connectivity index (χ3n) is 4.96. The zero-order chi connectivity index (χ0) is 20.3. The van der Waals surface area contributed by atoms with E-state index in [9.17, 15) is 4.39 Å². The van der Waals surface area contributed by atoms with Crippen LogP contribution in [0.4, 0.5) is 4.39 Å². The molecule has 0 fully saturated rings. The molecule has 0 bridgehead atoms. The monoisotopic (exact) mass is 411 g/mol. The van der Waals surface area contributed by atoms with Crippen LogP contribution in [0.25, 0.3) is 27.8 Å². The van der Waals surface area contributed by atoms with E-state index >= 15 is 0 Å². The van der Waals surface area contributed by atoms with E-state index in [4.69, 9.17) is 0 Å². The van der Waals surface area contributed by atoms with Crippen molar-refractivity contribution in [3.8, 4) is 16.8 Å². The number of aromatic nitrogens is 3. The Morgan fingerprint density at radius 2 is 1.50 bits per heavy atom. The predicted molar refractivity (Wildman–Crippen MR) is 120 cm³/mol. The summed E-state index contributed by atoms with van der Waals surface area (Å²) in [4.78, 5) is 9.22. The molecule has 5 aromatic rings. The number of nitrogens with zero attached hydrogens (tertiary/aromatic N) is 3. The summed E-state index contributed by atoms with van der Waals surface area (Å²) in [5.41, 5.74) is 5.19. The van der Waals surface area contributed by atoms with E-state index in [1.807, 2.05) is 48.5 Å². The normalized spacial score (nSPS) is 11.1. The first-order valence-corrected chi connectivity index (χ1v) is 10.6. The summed E-state index contributed by atoms with van der Waals surface area (Å²) in [7, 11) is 0. The van der Waals surface area contributed by atoms with Gasteiger partial charge in [0, 0.05) is 23.2 Å². The van der Waals surface area contributed by atoms with E-state index in [2.05, 4.69) is 45.0 Å². The van der Waals surface area contributed by atoms with E-state index in [0.29, 0.717) is 5.75 Å². The molecule has 3 aromatic carbocycles. The van der Waals surface area contributed by atoms with Crippen molar-refractivity contribution in [2.75, 3.05) is 0 Å². The Labute approximate surface area is 178 Å². The van der Waals surface area contributed by atoms with Crippen LogP contribution in [0.15, 0.2) is 102 Å². The van der Waals surface area contributed by atoms with Crippen LogP contribution in [0.1, 0.15) is 5.56 Å². The molecule has 0 aliphatic heterocycles. The molecule has 0 aliphatic carbocycles. The summed E-state index contributed by atoms with van der Waals surface area (Å²) in [5.74, 6) is 0.483. The highest BCUT2D eigenvalue weighted by molar-refractivity contribution is 7.98. The molecule has 2 aromatic heterocycles. The van der Waals surface area contributed by atoms with Crippen LogP contribution in [-0.2, 0) is 5.75 Å². The summed E-state index contributed by atoms with van der Waals surface area (Å²) in [6.07, 6.45) is 3.75. The molecule has 2 heterocycles. The highest BCUT2D eigenvalue weighted by Gasteiger charge is 2.17. The van der Waals surface area contributed by atoms with Crippen LogP contribution in [0.5, 0.6) is 0 Å². The van der Waals surface area contributed by atoms with Crippen LogP contribution in [0.3, 0.4) is 0 Å². The Morgan fingerprint density at radius 3 is 2.23 bits per heavy atom. The van der Waals surface area contributed by atoms with Gasteiger partial charge in [-0.3, -0.25) is 0 Å². The van der Waals surface area contributed by atoms with Crippen LogP contribution in [0.2, 0.25) is 0 Å². The van der Waals surface area contributed by atoms with E-state index in [1.165, 1.54) is 12.1 Å². The Hall–Kier alpha value is -3.44. The number of hydrogen-bond donors (Lipinski definition) is 0. The Bertz CT molecular complexity index is 1280. The molecule has 0 saturated carbocycles. The summed E-state index contributed by atoms with van der Waals surface area (Å²) in [6, 6.07) is 27.1. The first-order chi connectivity index (χ1) is 14.8. The lowest BCUT2D eigenvalue weighted by atomic mass is 10.1. The molecule has 0 radical (unpaired) electrons. The molecule has 5 heteroatoms. The van der Waals surface area contributed by atoms with Gasteiger partial charge in [0.15, 0.2) is 0 Å². The molecular formula is C25H18FN3S. The van der Waals surface area contributed by atoms with Crippen LogP contribution < -0.4 is 0 Å². The fourth-order valence-electron chi connectivity index (χ4n) is 3.50. The Kier molecular flexibility index (Phi) is 5.03. The minimum Gasteiger partial charge on any atom is -0.301 e. The molecule has 0 spiro atoms. The smallest absolute Gasteiger partial charge is 0.149 e. The summed E-state index contributed by atoms with van der Waals surface area (Å²) in [6.45, 7) is 0. The zero-order valence-electron chi connectivity index (χ0n) is 16.1. The highest BCUT2D eigenvalue weighted by atomic mass is 32.2. The van der Waals surface area contributed by atoms with Gasteiger partial charge in [-0.2, -0.15) is 0 Å². The van der Waals surface area contributed by atoms with Crippen molar-refractivity contribution in [2.45, 2.75) is 10.8 Å². The number of benzene rings is 3. The molecule has 5 rings (SSSR count). The number of thioether (sulfide) groups is 1. The Morgan fingerprint density at radius 1 is 0.800 bits per heavy atom. The van der Waals surface area contributed by atoms with Crippen molar-refractivity contribution < 1.29 is 4.39 Å². The number of fused-ring (bicyclic) bond motifs is 1. The van der Waals surface area contributed by atoms with Crippen LogP contribution in [-0.4, -0.2) is 14.5 Å². The fourth-order valence-corrected chi connectivity index (χ4v) is 4.46. The first-order valence-electron chi connectivity index (χ1n) is 9.64. The van der Waals surface area contributed by atoms with E-state index in [1.54, 1.807) is 18.1 Å². The van der Waals surface area contributed by atoms with Gasteiger partial charge in [-0.05, 0) is 35.4 Å². The highest BCUT2D eigenvalue weighted by Crippen LogP contribution is 2.37. The second kappa shape index (κ2) is 8.13. The van der Waals surface area contributed by atoms with Crippen molar-refractivity contribution in [3.63, 3.8) is 0 Å². The molecule has 0 unspecified atom stereocenters.